The maximum absolute atomic E-state index is 11.5. The first kappa shape index (κ1) is 11.5. The van der Waals surface area contributed by atoms with Crippen LogP contribution in [0.5, 0.6) is 0 Å². The lowest BCUT2D eigenvalue weighted by Crippen LogP contribution is -2.36. The lowest BCUT2D eigenvalue weighted by Gasteiger charge is -2.21. The van der Waals surface area contributed by atoms with Crippen LogP contribution in [-0.2, 0) is 4.79 Å². The van der Waals surface area contributed by atoms with E-state index in [1.54, 1.807) is 0 Å². The largest absolute Gasteiger partial charge is 0.341 e. The standard InChI is InChI=1S/C10H21N3O/c1-2-10(14)13-6-3-5-12(7-4-11)8-9-13/h2-9,11H2,1H3. The number of nitrogens with two attached hydrogens (primary N) is 1. The molecule has 1 heterocycles. The van der Waals surface area contributed by atoms with Crippen molar-refractivity contribution in [3.05, 3.63) is 0 Å². The van der Waals surface area contributed by atoms with Crippen LogP contribution in [0.15, 0.2) is 0 Å². The maximum Gasteiger partial charge on any atom is 0.222 e. The molecule has 4 heteroatoms. The summed E-state index contributed by atoms with van der Waals surface area (Å²) in [7, 11) is 0. The fraction of sp³-hybridized carbons (Fsp3) is 0.900. The third-order valence-electron chi connectivity index (χ3n) is 2.69. The smallest absolute Gasteiger partial charge is 0.222 e. The molecule has 0 aromatic carbocycles. The molecular weight excluding hydrogens is 178 g/mol. The summed E-state index contributed by atoms with van der Waals surface area (Å²) in [6.07, 6.45) is 1.70. The van der Waals surface area contributed by atoms with E-state index < -0.39 is 0 Å². The summed E-state index contributed by atoms with van der Waals surface area (Å²) in [5.74, 6) is 0.277. The second-order valence-corrected chi connectivity index (χ2v) is 3.72. The molecule has 0 atom stereocenters. The minimum Gasteiger partial charge on any atom is -0.341 e. The monoisotopic (exact) mass is 199 g/mol. The van der Waals surface area contributed by atoms with Gasteiger partial charge < -0.3 is 15.5 Å². The van der Waals surface area contributed by atoms with Crippen molar-refractivity contribution in [1.29, 1.82) is 0 Å². The highest BCUT2D eigenvalue weighted by Crippen LogP contribution is 2.03. The van der Waals surface area contributed by atoms with Gasteiger partial charge in [-0.15, -0.1) is 0 Å². The van der Waals surface area contributed by atoms with E-state index in [9.17, 15) is 4.79 Å². The van der Waals surface area contributed by atoms with E-state index in [2.05, 4.69) is 4.90 Å². The lowest BCUT2D eigenvalue weighted by molar-refractivity contribution is -0.130. The van der Waals surface area contributed by atoms with Gasteiger partial charge in [0, 0.05) is 39.1 Å². The molecule has 0 spiro atoms. The van der Waals surface area contributed by atoms with E-state index in [-0.39, 0.29) is 5.91 Å². The Kier molecular flexibility index (Phi) is 4.90. The number of carbonyl (C=O) groups is 1. The van der Waals surface area contributed by atoms with E-state index in [0.717, 1.165) is 39.1 Å². The molecule has 0 aromatic rings. The predicted octanol–water partition coefficient (Wildman–Crippen LogP) is -0.111. The Bertz CT molecular complexity index is 184. The van der Waals surface area contributed by atoms with E-state index in [1.807, 2.05) is 11.8 Å². The van der Waals surface area contributed by atoms with Crippen LogP contribution in [0.2, 0.25) is 0 Å². The molecule has 1 fully saturated rings. The van der Waals surface area contributed by atoms with Gasteiger partial charge in [-0.2, -0.15) is 0 Å². The van der Waals surface area contributed by atoms with Crippen LogP contribution in [-0.4, -0.2) is 55.0 Å². The van der Waals surface area contributed by atoms with Gasteiger partial charge in [0.05, 0.1) is 0 Å². The van der Waals surface area contributed by atoms with Crippen molar-refractivity contribution in [2.75, 3.05) is 39.3 Å². The van der Waals surface area contributed by atoms with Gasteiger partial charge in [-0.25, -0.2) is 0 Å². The van der Waals surface area contributed by atoms with Gasteiger partial charge in [0.2, 0.25) is 5.91 Å². The van der Waals surface area contributed by atoms with Crippen molar-refractivity contribution in [1.82, 2.24) is 9.80 Å². The number of nitrogens with zero attached hydrogens (tertiary/aromatic N) is 2. The highest BCUT2D eigenvalue weighted by molar-refractivity contribution is 5.75. The Labute approximate surface area is 86.0 Å². The zero-order chi connectivity index (χ0) is 10.4. The van der Waals surface area contributed by atoms with Crippen molar-refractivity contribution < 1.29 is 4.79 Å². The molecule has 0 radical (unpaired) electrons. The van der Waals surface area contributed by atoms with Crippen molar-refractivity contribution in [2.45, 2.75) is 19.8 Å². The van der Waals surface area contributed by atoms with Crippen LogP contribution in [0.3, 0.4) is 0 Å². The Morgan fingerprint density at radius 2 is 2.07 bits per heavy atom. The molecule has 0 aromatic heterocycles. The summed E-state index contributed by atoms with van der Waals surface area (Å²) < 4.78 is 0. The van der Waals surface area contributed by atoms with Crippen LogP contribution in [0.1, 0.15) is 19.8 Å². The molecule has 1 aliphatic heterocycles. The fourth-order valence-corrected chi connectivity index (χ4v) is 1.85. The van der Waals surface area contributed by atoms with Crippen LogP contribution in [0.4, 0.5) is 0 Å². The molecule has 82 valence electrons. The fourth-order valence-electron chi connectivity index (χ4n) is 1.85. The van der Waals surface area contributed by atoms with Gasteiger partial charge in [0.15, 0.2) is 0 Å². The van der Waals surface area contributed by atoms with Crippen molar-refractivity contribution >= 4 is 5.91 Å². The van der Waals surface area contributed by atoms with E-state index in [0.29, 0.717) is 13.0 Å². The minimum absolute atomic E-state index is 0.277. The maximum atomic E-state index is 11.5. The summed E-state index contributed by atoms with van der Waals surface area (Å²) in [6, 6.07) is 0. The Hall–Kier alpha value is -0.610. The summed E-state index contributed by atoms with van der Waals surface area (Å²) in [6.45, 7) is 7.41. The first-order valence-corrected chi connectivity index (χ1v) is 5.48. The molecule has 4 nitrogen and oxygen atoms in total. The minimum atomic E-state index is 0.277. The normalized spacial score (nSPS) is 19.4. The van der Waals surface area contributed by atoms with Crippen LogP contribution >= 0.6 is 0 Å². The molecule has 2 N–H and O–H groups in total. The highest BCUT2D eigenvalue weighted by atomic mass is 16.2. The van der Waals surface area contributed by atoms with Crippen LogP contribution in [0, 0.1) is 0 Å². The Morgan fingerprint density at radius 3 is 2.71 bits per heavy atom. The average Bonchev–Trinajstić information content (AvgIpc) is 2.43. The number of amides is 1. The first-order valence-electron chi connectivity index (χ1n) is 5.48. The number of carbonyl (C=O) groups excluding carboxylic acids is 1. The van der Waals surface area contributed by atoms with E-state index in [1.165, 1.54) is 0 Å². The zero-order valence-corrected chi connectivity index (χ0v) is 9.04. The van der Waals surface area contributed by atoms with E-state index in [4.69, 9.17) is 5.73 Å². The molecule has 14 heavy (non-hydrogen) atoms. The summed E-state index contributed by atoms with van der Waals surface area (Å²) in [5, 5.41) is 0. The third kappa shape index (κ3) is 3.27. The molecule has 0 unspecified atom stereocenters. The van der Waals surface area contributed by atoms with Gasteiger partial charge in [-0.3, -0.25) is 4.79 Å². The van der Waals surface area contributed by atoms with Crippen molar-refractivity contribution in [3.8, 4) is 0 Å². The summed E-state index contributed by atoms with van der Waals surface area (Å²) in [4.78, 5) is 15.8. The van der Waals surface area contributed by atoms with Crippen LogP contribution < -0.4 is 5.73 Å². The molecule has 1 aliphatic rings. The van der Waals surface area contributed by atoms with Crippen molar-refractivity contribution in [3.63, 3.8) is 0 Å². The quantitative estimate of drug-likeness (QED) is 0.690. The first-order chi connectivity index (χ1) is 6.77. The van der Waals surface area contributed by atoms with Crippen LogP contribution in [0.25, 0.3) is 0 Å². The molecular formula is C10H21N3O. The lowest BCUT2D eigenvalue weighted by atomic mass is 10.3. The van der Waals surface area contributed by atoms with Crippen molar-refractivity contribution in [2.24, 2.45) is 5.73 Å². The van der Waals surface area contributed by atoms with E-state index >= 15 is 0 Å². The number of hydrogen-bond acceptors (Lipinski definition) is 3. The molecule has 1 saturated heterocycles. The molecule has 1 rings (SSSR count). The Morgan fingerprint density at radius 1 is 1.29 bits per heavy atom. The van der Waals surface area contributed by atoms with Gasteiger partial charge in [-0.1, -0.05) is 6.92 Å². The number of hydrogen-bond donors (Lipinski definition) is 1. The number of rotatable bonds is 3. The zero-order valence-electron chi connectivity index (χ0n) is 9.04. The van der Waals surface area contributed by atoms with Gasteiger partial charge in [0.25, 0.3) is 0 Å². The average molecular weight is 199 g/mol. The third-order valence-corrected chi connectivity index (χ3v) is 2.69. The Balaban J connectivity index is 2.36. The second-order valence-electron chi connectivity index (χ2n) is 3.72. The summed E-state index contributed by atoms with van der Waals surface area (Å²) in [5.41, 5.74) is 5.51. The van der Waals surface area contributed by atoms with Gasteiger partial charge >= 0.3 is 0 Å². The molecule has 0 aliphatic carbocycles. The predicted molar refractivity (Wildman–Crippen MR) is 57.0 cm³/mol. The van der Waals surface area contributed by atoms with Gasteiger partial charge in [0.1, 0.15) is 0 Å². The van der Waals surface area contributed by atoms with Gasteiger partial charge in [-0.05, 0) is 13.0 Å². The SMILES string of the molecule is CCC(=O)N1CCCN(CCN)CC1. The second kappa shape index (κ2) is 5.98. The molecule has 0 bridgehead atoms. The molecule has 0 saturated carbocycles. The summed E-state index contributed by atoms with van der Waals surface area (Å²) >= 11 is 0. The highest BCUT2D eigenvalue weighted by Gasteiger charge is 2.16. The topological polar surface area (TPSA) is 49.6 Å². The molecule has 1 amide bonds.